The highest BCUT2D eigenvalue weighted by molar-refractivity contribution is 7.98. The highest BCUT2D eigenvalue weighted by atomic mass is 32.2. The molecule has 0 unspecified atom stereocenters. The minimum atomic E-state index is -0.275. The predicted molar refractivity (Wildman–Crippen MR) is 118 cm³/mol. The molecule has 5 nitrogen and oxygen atoms in total. The van der Waals surface area contributed by atoms with Gasteiger partial charge in [-0.05, 0) is 38.0 Å². The fourth-order valence-corrected chi connectivity index (χ4v) is 3.94. The van der Waals surface area contributed by atoms with Gasteiger partial charge >= 0.3 is 0 Å². The summed E-state index contributed by atoms with van der Waals surface area (Å²) in [5.41, 5.74) is 4.09. The second kappa shape index (κ2) is 9.56. The lowest BCUT2D eigenvalue weighted by atomic mass is 10.1. The Hall–Kier alpha value is -2.86. The van der Waals surface area contributed by atoms with Gasteiger partial charge in [-0.15, -0.1) is 16.8 Å². The molecule has 0 spiro atoms. The second-order valence-electron chi connectivity index (χ2n) is 7.02. The molecule has 0 bridgehead atoms. The normalized spacial score (nSPS) is 11.8. The van der Waals surface area contributed by atoms with Crippen molar-refractivity contribution in [3.63, 3.8) is 0 Å². The largest absolute Gasteiger partial charge is 0.342 e. The molecule has 150 valence electrons. The Balaban J connectivity index is 1.74. The van der Waals surface area contributed by atoms with E-state index in [4.69, 9.17) is 0 Å². The van der Waals surface area contributed by atoms with Crippen molar-refractivity contribution in [1.29, 1.82) is 0 Å². The van der Waals surface area contributed by atoms with Gasteiger partial charge < -0.3 is 9.88 Å². The molecular weight excluding hydrogens is 380 g/mol. The summed E-state index contributed by atoms with van der Waals surface area (Å²) in [5, 5.41) is 12.6. The molecular formula is C23H26N4OS. The first-order valence-corrected chi connectivity index (χ1v) is 10.6. The Kier molecular flexibility index (Phi) is 6.88. The van der Waals surface area contributed by atoms with Crippen LogP contribution in [0.2, 0.25) is 0 Å². The number of hydrogen-bond acceptors (Lipinski definition) is 4. The van der Waals surface area contributed by atoms with Gasteiger partial charge in [0.05, 0.1) is 6.04 Å². The molecule has 0 radical (unpaired) electrons. The zero-order chi connectivity index (χ0) is 20.8. The van der Waals surface area contributed by atoms with Crippen molar-refractivity contribution in [3.05, 3.63) is 89.3 Å². The summed E-state index contributed by atoms with van der Waals surface area (Å²) in [4.78, 5) is 12.7. The number of nitrogens with one attached hydrogen (secondary N) is 1. The van der Waals surface area contributed by atoms with Gasteiger partial charge in [0.15, 0.2) is 11.0 Å². The van der Waals surface area contributed by atoms with Crippen LogP contribution in [0.4, 0.5) is 0 Å². The van der Waals surface area contributed by atoms with Gasteiger partial charge in [0, 0.05) is 17.9 Å². The fourth-order valence-electron chi connectivity index (χ4n) is 3.03. The number of allylic oxidation sites excluding steroid dienone is 1. The maximum atomic E-state index is 12.7. The maximum absolute atomic E-state index is 12.7. The molecule has 0 aliphatic rings. The first kappa shape index (κ1) is 20.9. The number of aromatic nitrogens is 3. The fraction of sp³-hybridized carbons (Fsp3) is 0.261. The van der Waals surface area contributed by atoms with Gasteiger partial charge in [-0.2, -0.15) is 0 Å². The molecule has 1 N–H and O–H groups in total. The van der Waals surface area contributed by atoms with Crippen molar-refractivity contribution in [2.75, 3.05) is 0 Å². The predicted octanol–water partition coefficient (Wildman–Crippen LogP) is 4.86. The van der Waals surface area contributed by atoms with E-state index in [-0.39, 0.29) is 11.9 Å². The van der Waals surface area contributed by atoms with E-state index in [2.05, 4.69) is 53.3 Å². The molecule has 2 aromatic carbocycles. The molecule has 1 aromatic heterocycles. The molecule has 1 atom stereocenters. The first-order chi connectivity index (χ1) is 14.0. The monoisotopic (exact) mass is 406 g/mol. The lowest BCUT2D eigenvalue weighted by Gasteiger charge is -2.16. The number of carbonyl (C=O) groups is 1. The number of carbonyl (C=O) groups excluding carboxylic acids is 1. The molecule has 29 heavy (non-hydrogen) atoms. The highest BCUT2D eigenvalue weighted by Crippen LogP contribution is 2.24. The Morgan fingerprint density at radius 2 is 1.90 bits per heavy atom. The van der Waals surface area contributed by atoms with Crippen LogP contribution < -0.4 is 5.32 Å². The van der Waals surface area contributed by atoms with Crippen molar-refractivity contribution < 1.29 is 4.79 Å². The molecule has 0 aliphatic carbocycles. The topological polar surface area (TPSA) is 59.8 Å². The zero-order valence-electron chi connectivity index (χ0n) is 17.1. The van der Waals surface area contributed by atoms with E-state index in [1.54, 1.807) is 11.8 Å². The lowest BCUT2D eigenvalue weighted by Crippen LogP contribution is -2.29. The van der Waals surface area contributed by atoms with E-state index in [0.29, 0.717) is 12.1 Å². The summed E-state index contributed by atoms with van der Waals surface area (Å²) in [7, 11) is 0. The third kappa shape index (κ3) is 5.15. The molecule has 0 saturated carbocycles. The Morgan fingerprint density at radius 3 is 2.59 bits per heavy atom. The van der Waals surface area contributed by atoms with Crippen LogP contribution in [0, 0.1) is 13.8 Å². The van der Waals surface area contributed by atoms with Crippen LogP contribution in [-0.4, -0.2) is 20.7 Å². The smallest absolute Gasteiger partial charge is 0.252 e. The maximum Gasteiger partial charge on any atom is 0.252 e. The average molecular weight is 407 g/mol. The third-order valence-corrected chi connectivity index (χ3v) is 5.71. The molecule has 6 heteroatoms. The van der Waals surface area contributed by atoms with Crippen LogP contribution in [0.1, 0.15) is 45.8 Å². The highest BCUT2D eigenvalue weighted by Gasteiger charge is 2.20. The van der Waals surface area contributed by atoms with Crippen LogP contribution >= 0.6 is 11.8 Å². The number of rotatable bonds is 8. The van der Waals surface area contributed by atoms with Crippen LogP contribution in [0.25, 0.3) is 0 Å². The molecule has 3 rings (SSSR count). The van der Waals surface area contributed by atoms with E-state index in [1.165, 1.54) is 11.1 Å². The summed E-state index contributed by atoms with van der Waals surface area (Å²) >= 11 is 1.63. The summed E-state index contributed by atoms with van der Waals surface area (Å²) in [6.45, 7) is 10.4. The van der Waals surface area contributed by atoms with Gasteiger partial charge in [0.1, 0.15) is 0 Å². The molecule has 1 heterocycles. The van der Waals surface area contributed by atoms with Gasteiger partial charge in [0.2, 0.25) is 0 Å². The minimum Gasteiger partial charge on any atom is -0.342 e. The second-order valence-corrected chi connectivity index (χ2v) is 7.97. The number of thioether (sulfide) groups is 1. The quantitative estimate of drug-likeness (QED) is 0.428. The van der Waals surface area contributed by atoms with Gasteiger partial charge in [-0.25, -0.2) is 0 Å². The van der Waals surface area contributed by atoms with Crippen molar-refractivity contribution in [3.8, 4) is 0 Å². The Morgan fingerprint density at radius 1 is 1.17 bits per heavy atom. The van der Waals surface area contributed by atoms with Gasteiger partial charge in [-0.1, -0.05) is 65.9 Å². The van der Waals surface area contributed by atoms with E-state index in [0.717, 1.165) is 22.3 Å². The van der Waals surface area contributed by atoms with E-state index < -0.39 is 0 Å². The lowest BCUT2D eigenvalue weighted by molar-refractivity contribution is 0.0937. The van der Waals surface area contributed by atoms with Crippen molar-refractivity contribution in [2.24, 2.45) is 0 Å². The van der Waals surface area contributed by atoms with Crippen molar-refractivity contribution in [1.82, 2.24) is 20.1 Å². The van der Waals surface area contributed by atoms with Crippen molar-refractivity contribution in [2.45, 2.75) is 44.3 Å². The number of benzene rings is 2. The average Bonchev–Trinajstić information content (AvgIpc) is 3.11. The SMILES string of the molecule is C=CCn1c(SCc2ccc(C)cc2)nnc1[C@@H](C)NC(=O)c1ccccc1C. The minimum absolute atomic E-state index is 0.113. The molecule has 0 fully saturated rings. The van der Waals surface area contributed by atoms with Crippen LogP contribution in [0.15, 0.2) is 66.3 Å². The summed E-state index contributed by atoms with van der Waals surface area (Å²) in [6, 6.07) is 15.8. The number of hydrogen-bond donors (Lipinski definition) is 1. The molecule has 1 amide bonds. The van der Waals surface area contributed by atoms with E-state index >= 15 is 0 Å². The standard InChI is InChI=1S/C23H26N4OS/c1-5-14-27-21(18(4)24-22(28)20-9-7-6-8-17(20)3)25-26-23(27)29-15-19-12-10-16(2)11-13-19/h5-13,18H,1,14-15H2,2-4H3,(H,24,28)/t18-/m1/s1. The van der Waals surface area contributed by atoms with Crippen LogP contribution in [-0.2, 0) is 12.3 Å². The number of amides is 1. The van der Waals surface area contributed by atoms with Crippen LogP contribution in [0.3, 0.4) is 0 Å². The van der Waals surface area contributed by atoms with Crippen molar-refractivity contribution >= 4 is 17.7 Å². The van der Waals surface area contributed by atoms with E-state index in [1.807, 2.05) is 48.8 Å². The molecule has 0 saturated heterocycles. The van der Waals surface area contributed by atoms with E-state index in [9.17, 15) is 4.79 Å². The van der Waals surface area contributed by atoms with Crippen LogP contribution in [0.5, 0.6) is 0 Å². The number of aryl methyl sites for hydroxylation is 2. The molecule has 3 aromatic rings. The Bertz CT molecular complexity index is 994. The van der Waals surface area contributed by atoms with Gasteiger partial charge in [0.25, 0.3) is 5.91 Å². The molecule has 0 aliphatic heterocycles. The van der Waals surface area contributed by atoms with Gasteiger partial charge in [-0.3, -0.25) is 4.79 Å². The first-order valence-electron chi connectivity index (χ1n) is 9.58. The Labute approximate surface area is 176 Å². The summed E-state index contributed by atoms with van der Waals surface area (Å²) in [6.07, 6.45) is 1.82. The third-order valence-electron chi connectivity index (χ3n) is 4.67. The number of nitrogens with zero attached hydrogens (tertiary/aromatic N) is 3. The summed E-state index contributed by atoms with van der Waals surface area (Å²) < 4.78 is 2.01. The zero-order valence-corrected chi connectivity index (χ0v) is 17.9. The summed E-state index contributed by atoms with van der Waals surface area (Å²) in [5.74, 6) is 1.41.